The molecule has 0 saturated carbocycles. The van der Waals surface area contributed by atoms with Crippen LogP contribution in [0.3, 0.4) is 0 Å². The van der Waals surface area contributed by atoms with E-state index in [1.165, 1.54) is 6.07 Å². The summed E-state index contributed by atoms with van der Waals surface area (Å²) in [5, 5.41) is 6.80. The number of rotatable bonds is 7. The molecule has 0 aromatic heterocycles. The van der Waals surface area contributed by atoms with Crippen LogP contribution in [0.5, 0.6) is 0 Å². The molecule has 0 amide bonds. The number of benzene rings is 1. The van der Waals surface area contributed by atoms with Crippen molar-refractivity contribution in [1.82, 2.24) is 10.6 Å². The van der Waals surface area contributed by atoms with Crippen LogP contribution in [0.15, 0.2) is 23.2 Å². The van der Waals surface area contributed by atoms with E-state index in [4.69, 9.17) is 4.74 Å². The van der Waals surface area contributed by atoms with Gasteiger partial charge in [0.25, 0.3) is 0 Å². The molecule has 0 aliphatic carbocycles. The number of hydrogen-bond donors (Lipinski definition) is 2. The number of aliphatic imine (C=N–C) groups is 1. The van der Waals surface area contributed by atoms with Gasteiger partial charge in [0, 0.05) is 31.1 Å². The van der Waals surface area contributed by atoms with Crippen molar-refractivity contribution in [2.75, 3.05) is 32.1 Å². The molecule has 4 nitrogen and oxygen atoms in total. The Morgan fingerprint density at radius 3 is 2.68 bits per heavy atom. The predicted octanol–water partition coefficient (Wildman–Crippen LogP) is 3.49. The molecule has 6 heteroatoms. The Bertz CT molecular complexity index is 568. The molecule has 140 valence electrons. The highest BCUT2D eigenvalue weighted by Gasteiger charge is 2.32. The van der Waals surface area contributed by atoms with Gasteiger partial charge in [0.05, 0.1) is 6.54 Å². The monoisotopic (exact) mass is 367 g/mol. The highest BCUT2D eigenvalue weighted by Crippen LogP contribution is 2.34. The number of ether oxygens (including phenoxy) is 1. The Morgan fingerprint density at radius 1 is 1.28 bits per heavy atom. The van der Waals surface area contributed by atoms with Crippen molar-refractivity contribution in [3.05, 3.63) is 35.1 Å². The summed E-state index contributed by atoms with van der Waals surface area (Å²) in [4.78, 5) is 4.66. The molecule has 1 aromatic rings. The van der Waals surface area contributed by atoms with E-state index in [1.54, 1.807) is 13.0 Å². The summed E-state index contributed by atoms with van der Waals surface area (Å²) in [5.41, 5.74) is 1.67. The molecule has 1 aromatic carbocycles. The first-order chi connectivity index (χ1) is 12.1. The molecule has 1 heterocycles. The minimum atomic E-state index is -0.171. The second kappa shape index (κ2) is 10.0. The molecule has 0 atom stereocenters. The van der Waals surface area contributed by atoms with Gasteiger partial charge in [-0.3, -0.25) is 0 Å². The first-order valence-electron chi connectivity index (χ1n) is 9.07. The molecule has 0 unspecified atom stereocenters. The topological polar surface area (TPSA) is 45.7 Å². The molecule has 1 aliphatic heterocycles. The van der Waals surface area contributed by atoms with Crippen LogP contribution in [0.1, 0.15) is 37.8 Å². The average molecular weight is 368 g/mol. The number of aryl methyl sites for hydroxylation is 1. The summed E-state index contributed by atoms with van der Waals surface area (Å²) in [6.07, 6.45) is 2.13. The zero-order chi connectivity index (χ0) is 18.1. The van der Waals surface area contributed by atoms with Gasteiger partial charge >= 0.3 is 0 Å². The van der Waals surface area contributed by atoms with Crippen LogP contribution >= 0.6 is 11.8 Å². The second-order valence-corrected chi connectivity index (χ2v) is 8.09. The summed E-state index contributed by atoms with van der Waals surface area (Å²) in [5.74, 6) is 1.74. The molecule has 1 saturated heterocycles. The van der Waals surface area contributed by atoms with Crippen molar-refractivity contribution in [2.45, 2.75) is 44.9 Å². The maximum absolute atomic E-state index is 13.4. The molecular formula is C19H30FN3OS. The molecule has 0 bridgehead atoms. The van der Waals surface area contributed by atoms with Crippen molar-refractivity contribution >= 4 is 17.7 Å². The van der Waals surface area contributed by atoms with Crippen molar-refractivity contribution in [1.29, 1.82) is 0 Å². The van der Waals surface area contributed by atoms with E-state index in [2.05, 4.69) is 29.5 Å². The summed E-state index contributed by atoms with van der Waals surface area (Å²) in [6.45, 7) is 9.93. The van der Waals surface area contributed by atoms with E-state index in [0.717, 1.165) is 56.4 Å². The zero-order valence-electron chi connectivity index (χ0n) is 15.5. The normalized spacial score (nSPS) is 17.4. The highest BCUT2D eigenvalue weighted by molar-refractivity contribution is 8.00. The van der Waals surface area contributed by atoms with Gasteiger partial charge in [-0.05, 0) is 49.6 Å². The Hall–Kier alpha value is -1.27. The molecule has 1 aliphatic rings. The van der Waals surface area contributed by atoms with Gasteiger partial charge in [0.1, 0.15) is 5.82 Å². The third-order valence-electron chi connectivity index (χ3n) is 4.42. The largest absolute Gasteiger partial charge is 0.381 e. The van der Waals surface area contributed by atoms with Crippen LogP contribution in [0.4, 0.5) is 4.39 Å². The van der Waals surface area contributed by atoms with E-state index in [0.29, 0.717) is 12.1 Å². The van der Waals surface area contributed by atoms with Crippen LogP contribution < -0.4 is 10.6 Å². The van der Waals surface area contributed by atoms with E-state index in [9.17, 15) is 4.39 Å². The van der Waals surface area contributed by atoms with Gasteiger partial charge in [-0.15, -0.1) is 0 Å². The molecule has 25 heavy (non-hydrogen) atoms. The van der Waals surface area contributed by atoms with Crippen molar-refractivity contribution in [2.24, 2.45) is 4.99 Å². The fraction of sp³-hybridized carbons (Fsp3) is 0.632. The maximum atomic E-state index is 13.4. The number of nitrogens with zero attached hydrogens (tertiary/aromatic N) is 1. The van der Waals surface area contributed by atoms with E-state index in [-0.39, 0.29) is 10.6 Å². The summed E-state index contributed by atoms with van der Waals surface area (Å²) in [7, 11) is 0. The SMILES string of the molecule is CCNC(=NCc1ccc(F)c(C)c1)NCC1(SCC)CCOCC1. The molecule has 2 rings (SSSR count). The van der Waals surface area contributed by atoms with Gasteiger partial charge in [-0.2, -0.15) is 11.8 Å². The van der Waals surface area contributed by atoms with Gasteiger partial charge in [-0.25, -0.2) is 9.38 Å². The van der Waals surface area contributed by atoms with Gasteiger partial charge in [0.2, 0.25) is 0 Å². The minimum Gasteiger partial charge on any atom is -0.381 e. The third kappa shape index (κ3) is 6.19. The first kappa shape index (κ1) is 20.0. The Morgan fingerprint density at radius 2 is 2.04 bits per heavy atom. The van der Waals surface area contributed by atoms with Crippen LogP contribution in [0, 0.1) is 12.7 Å². The third-order valence-corrected chi connectivity index (χ3v) is 5.87. The number of guanidine groups is 1. The zero-order valence-corrected chi connectivity index (χ0v) is 16.3. The van der Waals surface area contributed by atoms with Gasteiger partial charge < -0.3 is 15.4 Å². The lowest BCUT2D eigenvalue weighted by atomic mass is 9.99. The minimum absolute atomic E-state index is 0.171. The fourth-order valence-corrected chi connectivity index (χ4v) is 4.23. The smallest absolute Gasteiger partial charge is 0.191 e. The lowest BCUT2D eigenvalue weighted by Gasteiger charge is -2.37. The van der Waals surface area contributed by atoms with Gasteiger partial charge in [-0.1, -0.05) is 19.1 Å². The molecule has 0 spiro atoms. The van der Waals surface area contributed by atoms with E-state index in [1.807, 2.05) is 17.8 Å². The van der Waals surface area contributed by atoms with E-state index < -0.39 is 0 Å². The summed E-state index contributed by atoms with van der Waals surface area (Å²) >= 11 is 2.01. The number of nitrogens with one attached hydrogen (secondary N) is 2. The Labute approximate surface area is 155 Å². The lowest BCUT2D eigenvalue weighted by molar-refractivity contribution is 0.0782. The number of thioether (sulfide) groups is 1. The van der Waals surface area contributed by atoms with Crippen molar-refractivity contribution in [3.8, 4) is 0 Å². The Balaban J connectivity index is 1.99. The summed E-state index contributed by atoms with van der Waals surface area (Å²) in [6, 6.07) is 5.16. The quantitative estimate of drug-likeness (QED) is 0.572. The number of halogens is 1. The standard InChI is InChI=1S/C19H30FN3OS/c1-4-21-18(22-13-16-6-7-17(20)15(3)12-16)23-14-19(25-5-2)8-10-24-11-9-19/h6-7,12H,4-5,8-11,13-14H2,1-3H3,(H2,21,22,23). The maximum Gasteiger partial charge on any atom is 0.191 e. The fourth-order valence-electron chi connectivity index (χ4n) is 2.98. The van der Waals surface area contributed by atoms with Crippen LogP contribution in [-0.2, 0) is 11.3 Å². The molecule has 1 fully saturated rings. The van der Waals surface area contributed by atoms with Crippen LogP contribution in [0.25, 0.3) is 0 Å². The number of hydrogen-bond acceptors (Lipinski definition) is 3. The van der Waals surface area contributed by atoms with Gasteiger partial charge in [0.15, 0.2) is 5.96 Å². The average Bonchev–Trinajstić information content (AvgIpc) is 2.61. The first-order valence-corrected chi connectivity index (χ1v) is 10.1. The molecule has 2 N–H and O–H groups in total. The van der Waals surface area contributed by atoms with Crippen LogP contribution in [0.2, 0.25) is 0 Å². The van der Waals surface area contributed by atoms with E-state index >= 15 is 0 Å². The molecule has 0 radical (unpaired) electrons. The molecular weight excluding hydrogens is 337 g/mol. The van der Waals surface area contributed by atoms with Crippen LogP contribution in [-0.4, -0.2) is 42.8 Å². The summed E-state index contributed by atoms with van der Waals surface area (Å²) < 4.78 is 19.1. The second-order valence-electron chi connectivity index (χ2n) is 6.36. The highest BCUT2D eigenvalue weighted by atomic mass is 32.2. The lowest BCUT2D eigenvalue weighted by Crippen LogP contribution is -2.48. The predicted molar refractivity (Wildman–Crippen MR) is 105 cm³/mol. The van der Waals surface area contributed by atoms with Crippen molar-refractivity contribution < 1.29 is 9.13 Å². The Kier molecular flexibility index (Phi) is 8.03. The van der Waals surface area contributed by atoms with Crippen molar-refractivity contribution in [3.63, 3.8) is 0 Å².